The molecule has 1 fully saturated rings. The predicted octanol–water partition coefficient (Wildman–Crippen LogP) is 5.43. The molecule has 1 saturated carbocycles. The molecule has 2 amide bonds. The molecule has 3 aromatic rings. The lowest BCUT2D eigenvalue weighted by Crippen LogP contribution is -2.54. The van der Waals surface area contributed by atoms with Crippen LogP contribution in [-0.4, -0.2) is 50.9 Å². The molecule has 0 radical (unpaired) electrons. The summed E-state index contributed by atoms with van der Waals surface area (Å²) >= 11 is 0. The quantitative estimate of drug-likeness (QED) is 0.294. The molecule has 230 valence electrons. The van der Waals surface area contributed by atoms with E-state index in [2.05, 4.69) is 5.32 Å². The molecule has 0 spiro atoms. The summed E-state index contributed by atoms with van der Waals surface area (Å²) in [6.45, 7) is 1.08. The number of nitrogens with one attached hydrogen (secondary N) is 1. The average molecular weight is 614 g/mol. The predicted molar refractivity (Wildman–Crippen MR) is 160 cm³/mol. The van der Waals surface area contributed by atoms with E-state index in [1.165, 1.54) is 72.7 Å². The summed E-state index contributed by atoms with van der Waals surface area (Å²) in [6, 6.07) is 15.1. The van der Waals surface area contributed by atoms with Crippen molar-refractivity contribution in [2.24, 2.45) is 0 Å². The Morgan fingerprint density at radius 1 is 0.907 bits per heavy atom. The van der Waals surface area contributed by atoms with E-state index in [9.17, 15) is 26.8 Å². The standard InChI is InChI=1S/C32H37F2N3O5S/c1-3-30(32(39)35-26-7-5-4-6-8-26)36(21-23-9-11-24(33)12-10-23)31(38)22-37(27-15-13-25(34)14-16-27)43(40,41)29-19-17-28(42-2)18-20-29/h9-20,26,30H,3-8,21-22H2,1-2H3,(H,35,39)/t30-/m1/s1. The number of carbonyl (C=O) groups excluding carboxylic acids is 2. The summed E-state index contributed by atoms with van der Waals surface area (Å²) in [6.07, 6.45) is 5.11. The Morgan fingerprint density at radius 2 is 1.49 bits per heavy atom. The van der Waals surface area contributed by atoms with Crippen molar-refractivity contribution in [3.05, 3.63) is 90.0 Å². The molecule has 0 heterocycles. The largest absolute Gasteiger partial charge is 0.497 e. The highest BCUT2D eigenvalue weighted by Gasteiger charge is 2.34. The molecule has 1 N–H and O–H groups in total. The second-order valence-electron chi connectivity index (χ2n) is 10.6. The molecule has 4 rings (SSSR count). The van der Waals surface area contributed by atoms with Crippen molar-refractivity contribution in [3.8, 4) is 5.75 Å². The van der Waals surface area contributed by atoms with Crippen LogP contribution in [0.15, 0.2) is 77.7 Å². The van der Waals surface area contributed by atoms with Gasteiger partial charge in [0.15, 0.2) is 0 Å². The summed E-state index contributed by atoms with van der Waals surface area (Å²) < 4.78 is 61.4. The van der Waals surface area contributed by atoms with Crippen LogP contribution in [0.3, 0.4) is 0 Å². The van der Waals surface area contributed by atoms with Gasteiger partial charge in [0.05, 0.1) is 17.7 Å². The second-order valence-corrected chi connectivity index (χ2v) is 12.4. The maximum absolute atomic E-state index is 14.1. The van der Waals surface area contributed by atoms with Gasteiger partial charge in [-0.25, -0.2) is 17.2 Å². The van der Waals surface area contributed by atoms with Gasteiger partial charge in [-0.15, -0.1) is 0 Å². The first-order valence-corrected chi connectivity index (χ1v) is 15.8. The molecule has 8 nitrogen and oxygen atoms in total. The van der Waals surface area contributed by atoms with Crippen LogP contribution in [0.1, 0.15) is 51.0 Å². The Hall–Kier alpha value is -3.99. The molecule has 3 aromatic carbocycles. The number of nitrogens with zero attached hydrogens (tertiary/aromatic N) is 2. The fourth-order valence-corrected chi connectivity index (χ4v) is 6.68. The van der Waals surface area contributed by atoms with Gasteiger partial charge in [-0.1, -0.05) is 38.3 Å². The van der Waals surface area contributed by atoms with E-state index in [0.29, 0.717) is 11.3 Å². The Kier molecular flexibility index (Phi) is 10.7. The minimum atomic E-state index is -4.32. The summed E-state index contributed by atoms with van der Waals surface area (Å²) in [7, 11) is -2.86. The van der Waals surface area contributed by atoms with Crippen LogP contribution in [0.2, 0.25) is 0 Å². The van der Waals surface area contributed by atoms with Crippen molar-refractivity contribution in [1.82, 2.24) is 10.2 Å². The van der Waals surface area contributed by atoms with Gasteiger partial charge in [0, 0.05) is 12.6 Å². The normalized spacial score (nSPS) is 14.5. The number of rotatable bonds is 12. The van der Waals surface area contributed by atoms with Crippen molar-refractivity contribution in [3.63, 3.8) is 0 Å². The molecule has 0 bridgehead atoms. The van der Waals surface area contributed by atoms with Gasteiger partial charge in [-0.3, -0.25) is 13.9 Å². The highest BCUT2D eigenvalue weighted by Crippen LogP contribution is 2.27. The average Bonchev–Trinajstić information content (AvgIpc) is 3.01. The number of carbonyl (C=O) groups is 2. The second kappa shape index (κ2) is 14.5. The lowest BCUT2D eigenvalue weighted by Gasteiger charge is -2.34. The molecule has 0 unspecified atom stereocenters. The van der Waals surface area contributed by atoms with Crippen LogP contribution >= 0.6 is 0 Å². The molecule has 0 aromatic heterocycles. The van der Waals surface area contributed by atoms with Gasteiger partial charge in [-0.05, 0) is 85.5 Å². The number of ether oxygens (including phenoxy) is 1. The molecule has 1 aliphatic carbocycles. The first-order valence-electron chi connectivity index (χ1n) is 14.4. The Labute approximate surface area is 251 Å². The molecule has 1 aliphatic rings. The van der Waals surface area contributed by atoms with Gasteiger partial charge in [-0.2, -0.15) is 0 Å². The van der Waals surface area contributed by atoms with Crippen molar-refractivity contribution in [1.29, 1.82) is 0 Å². The van der Waals surface area contributed by atoms with E-state index >= 15 is 0 Å². The number of amides is 2. The lowest BCUT2D eigenvalue weighted by atomic mass is 9.95. The number of halogens is 2. The van der Waals surface area contributed by atoms with Crippen LogP contribution in [0.4, 0.5) is 14.5 Å². The van der Waals surface area contributed by atoms with Crippen molar-refractivity contribution in [2.75, 3.05) is 18.0 Å². The molecule has 11 heteroatoms. The first-order chi connectivity index (χ1) is 20.6. The maximum Gasteiger partial charge on any atom is 0.264 e. The zero-order valence-electron chi connectivity index (χ0n) is 24.3. The van der Waals surface area contributed by atoms with Gasteiger partial charge in [0.1, 0.15) is 30.0 Å². The van der Waals surface area contributed by atoms with Crippen LogP contribution in [0.25, 0.3) is 0 Å². The van der Waals surface area contributed by atoms with Crippen LogP contribution in [0.5, 0.6) is 5.75 Å². The van der Waals surface area contributed by atoms with Crippen LogP contribution in [-0.2, 0) is 26.2 Å². The molecule has 1 atom stereocenters. The van der Waals surface area contributed by atoms with Crippen LogP contribution in [0, 0.1) is 11.6 Å². The van der Waals surface area contributed by atoms with Crippen molar-refractivity contribution >= 4 is 27.5 Å². The minimum absolute atomic E-state index is 0.00392. The van der Waals surface area contributed by atoms with Gasteiger partial charge in [0.25, 0.3) is 10.0 Å². The Bertz CT molecular complexity index is 1480. The van der Waals surface area contributed by atoms with E-state index in [1.54, 1.807) is 6.92 Å². The van der Waals surface area contributed by atoms with Crippen LogP contribution < -0.4 is 14.4 Å². The highest BCUT2D eigenvalue weighted by atomic mass is 32.2. The zero-order chi connectivity index (χ0) is 31.0. The maximum atomic E-state index is 14.1. The zero-order valence-corrected chi connectivity index (χ0v) is 25.2. The monoisotopic (exact) mass is 613 g/mol. The Morgan fingerprint density at radius 3 is 2.05 bits per heavy atom. The third-order valence-corrected chi connectivity index (χ3v) is 9.43. The molecule has 0 saturated heterocycles. The topological polar surface area (TPSA) is 96.0 Å². The van der Waals surface area contributed by atoms with Crippen molar-refractivity contribution in [2.45, 2.75) is 69.0 Å². The smallest absolute Gasteiger partial charge is 0.264 e. The number of anilines is 1. The first kappa shape index (κ1) is 31.9. The summed E-state index contributed by atoms with van der Waals surface area (Å²) in [5, 5.41) is 3.08. The third-order valence-electron chi connectivity index (χ3n) is 7.64. The molecular formula is C32H37F2N3O5S. The summed E-state index contributed by atoms with van der Waals surface area (Å²) in [4.78, 5) is 28.9. The fourth-order valence-electron chi connectivity index (χ4n) is 5.26. The summed E-state index contributed by atoms with van der Waals surface area (Å²) in [5.74, 6) is -1.53. The minimum Gasteiger partial charge on any atom is -0.497 e. The van der Waals surface area contributed by atoms with E-state index in [-0.39, 0.29) is 35.5 Å². The molecular weight excluding hydrogens is 576 g/mol. The van der Waals surface area contributed by atoms with Gasteiger partial charge in [0.2, 0.25) is 11.8 Å². The van der Waals surface area contributed by atoms with E-state index in [4.69, 9.17) is 4.74 Å². The lowest BCUT2D eigenvalue weighted by molar-refractivity contribution is -0.140. The fraction of sp³-hybridized carbons (Fsp3) is 0.375. The van der Waals surface area contributed by atoms with Gasteiger partial charge < -0.3 is 15.0 Å². The van der Waals surface area contributed by atoms with E-state index in [0.717, 1.165) is 48.5 Å². The summed E-state index contributed by atoms with van der Waals surface area (Å²) in [5.41, 5.74) is 0.650. The highest BCUT2D eigenvalue weighted by molar-refractivity contribution is 7.92. The number of benzene rings is 3. The van der Waals surface area contributed by atoms with Crippen molar-refractivity contribution < 1.29 is 31.5 Å². The number of methoxy groups -OCH3 is 1. The number of sulfonamides is 1. The SMILES string of the molecule is CC[C@H](C(=O)NC1CCCCC1)N(Cc1ccc(F)cc1)C(=O)CN(c1ccc(F)cc1)S(=O)(=O)c1ccc(OC)cc1. The third kappa shape index (κ3) is 8.10. The number of hydrogen-bond donors (Lipinski definition) is 1. The van der Waals surface area contributed by atoms with E-state index < -0.39 is 40.2 Å². The Balaban J connectivity index is 1.69. The molecule has 0 aliphatic heterocycles. The number of hydrogen-bond acceptors (Lipinski definition) is 5. The van der Waals surface area contributed by atoms with Gasteiger partial charge >= 0.3 is 0 Å². The molecule has 43 heavy (non-hydrogen) atoms. The van der Waals surface area contributed by atoms with E-state index in [1.807, 2.05) is 0 Å².